The van der Waals surface area contributed by atoms with Gasteiger partial charge in [-0.05, 0) is 38.8 Å². The van der Waals surface area contributed by atoms with Crippen LogP contribution in [0, 0.1) is 6.92 Å². The molecule has 6 nitrogen and oxygen atoms in total. The van der Waals surface area contributed by atoms with E-state index in [4.69, 9.17) is 9.47 Å². The van der Waals surface area contributed by atoms with Gasteiger partial charge >= 0.3 is 0 Å². The lowest BCUT2D eigenvalue weighted by Crippen LogP contribution is -2.53. The Morgan fingerprint density at radius 3 is 2.72 bits per heavy atom. The number of ether oxygens (including phenoxy) is 2. The minimum Gasteiger partial charge on any atom is -0.482 e. The molecule has 6 heteroatoms. The second-order valence-electron chi connectivity index (χ2n) is 6.77. The molecule has 0 saturated carbocycles. The third kappa shape index (κ3) is 2.97. The lowest BCUT2D eigenvalue weighted by Gasteiger charge is -2.38. The van der Waals surface area contributed by atoms with Gasteiger partial charge in [0, 0.05) is 25.5 Å². The molecule has 0 radical (unpaired) electrons. The number of fused-ring (bicyclic) bond motifs is 1. The first kappa shape index (κ1) is 16.0. The van der Waals surface area contributed by atoms with Crippen molar-refractivity contribution < 1.29 is 14.3 Å². The van der Waals surface area contributed by atoms with Gasteiger partial charge in [0.2, 0.25) is 6.10 Å². The molecule has 3 heterocycles. The largest absolute Gasteiger partial charge is 0.482 e. The van der Waals surface area contributed by atoms with E-state index in [9.17, 15) is 4.79 Å². The van der Waals surface area contributed by atoms with Crippen LogP contribution in [0.3, 0.4) is 0 Å². The highest BCUT2D eigenvalue weighted by Gasteiger charge is 2.38. The molecule has 0 unspecified atom stereocenters. The highest BCUT2D eigenvalue weighted by Crippen LogP contribution is 2.34. The number of carbonyl (C=O) groups is 1. The highest BCUT2D eigenvalue weighted by molar-refractivity contribution is 5.82. The Labute approximate surface area is 147 Å². The predicted molar refractivity (Wildman–Crippen MR) is 92.8 cm³/mol. The number of nitrogens with zero attached hydrogens (tertiary/aromatic N) is 3. The van der Waals surface area contributed by atoms with E-state index in [0.717, 1.165) is 25.2 Å². The van der Waals surface area contributed by atoms with Crippen LogP contribution in [0.15, 0.2) is 36.7 Å². The smallest absolute Gasteiger partial charge is 0.267 e. The fourth-order valence-corrected chi connectivity index (χ4v) is 3.73. The van der Waals surface area contributed by atoms with Crippen LogP contribution < -0.4 is 9.47 Å². The number of para-hydroxylation sites is 2. The van der Waals surface area contributed by atoms with Crippen LogP contribution in [0.1, 0.15) is 31.6 Å². The summed E-state index contributed by atoms with van der Waals surface area (Å²) in [6, 6.07) is 7.77. The molecule has 25 heavy (non-hydrogen) atoms. The number of rotatable bonds is 2. The Hall–Kier alpha value is -2.50. The number of hydrogen-bond acceptors (Lipinski definition) is 4. The number of imidazole rings is 1. The summed E-state index contributed by atoms with van der Waals surface area (Å²) in [6.07, 6.45) is 4.93. The molecule has 4 rings (SSSR count). The van der Waals surface area contributed by atoms with Crippen molar-refractivity contribution >= 4 is 5.91 Å². The normalized spacial score (nSPS) is 25.7. The molecule has 3 atom stereocenters. The molecule has 0 N–H and O–H groups in total. The average molecular weight is 341 g/mol. The summed E-state index contributed by atoms with van der Waals surface area (Å²) in [5, 5.41) is 0. The van der Waals surface area contributed by atoms with E-state index in [1.807, 2.05) is 55.4 Å². The van der Waals surface area contributed by atoms with Crippen LogP contribution >= 0.6 is 0 Å². The van der Waals surface area contributed by atoms with Crippen molar-refractivity contribution in [3.63, 3.8) is 0 Å². The number of amides is 1. The van der Waals surface area contributed by atoms with Gasteiger partial charge in [-0.2, -0.15) is 0 Å². The van der Waals surface area contributed by atoms with Crippen molar-refractivity contribution in [2.45, 2.75) is 44.9 Å². The van der Waals surface area contributed by atoms with Crippen molar-refractivity contribution in [1.29, 1.82) is 0 Å². The third-order valence-corrected chi connectivity index (χ3v) is 5.05. The van der Waals surface area contributed by atoms with E-state index in [0.29, 0.717) is 18.0 Å². The predicted octanol–water partition coefficient (Wildman–Crippen LogP) is 2.58. The Morgan fingerprint density at radius 2 is 2.00 bits per heavy atom. The second kappa shape index (κ2) is 6.43. The van der Waals surface area contributed by atoms with E-state index < -0.39 is 6.10 Å². The molecule has 0 spiro atoms. The van der Waals surface area contributed by atoms with E-state index in [1.165, 1.54) is 0 Å². The molecule has 1 fully saturated rings. The van der Waals surface area contributed by atoms with Gasteiger partial charge in [0.05, 0.1) is 6.04 Å². The molecule has 1 amide bonds. The third-order valence-electron chi connectivity index (χ3n) is 5.05. The number of aryl methyl sites for hydroxylation is 1. The zero-order valence-electron chi connectivity index (χ0n) is 14.6. The van der Waals surface area contributed by atoms with Crippen molar-refractivity contribution in [2.75, 3.05) is 13.1 Å². The van der Waals surface area contributed by atoms with Crippen LogP contribution in [0.4, 0.5) is 0 Å². The Balaban J connectivity index is 1.50. The first-order valence-corrected chi connectivity index (χ1v) is 8.84. The van der Waals surface area contributed by atoms with Crippen molar-refractivity contribution in [2.24, 2.45) is 0 Å². The lowest BCUT2D eigenvalue weighted by molar-refractivity contribution is -0.146. The molecule has 0 aliphatic carbocycles. The van der Waals surface area contributed by atoms with Gasteiger partial charge in [-0.1, -0.05) is 12.1 Å². The highest BCUT2D eigenvalue weighted by atomic mass is 16.6. The number of benzene rings is 1. The van der Waals surface area contributed by atoms with Gasteiger partial charge in [-0.15, -0.1) is 0 Å². The fraction of sp³-hybridized carbons (Fsp3) is 0.474. The summed E-state index contributed by atoms with van der Waals surface area (Å²) in [6.45, 7) is 5.33. The Kier molecular flexibility index (Phi) is 4.11. The second-order valence-corrected chi connectivity index (χ2v) is 6.77. The van der Waals surface area contributed by atoms with Gasteiger partial charge in [-0.3, -0.25) is 4.79 Å². The zero-order chi connectivity index (χ0) is 17.4. The molecular weight excluding hydrogens is 318 g/mol. The summed E-state index contributed by atoms with van der Waals surface area (Å²) in [4.78, 5) is 19.3. The number of carbonyl (C=O) groups excluding carboxylic acids is 1. The topological polar surface area (TPSA) is 56.6 Å². The number of piperidine rings is 1. The van der Waals surface area contributed by atoms with Crippen LogP contribution in [-0.4, -0.2) is 45.7 Å². The Morgan fingerprint density at radius 1 is 1.24 bits per heavy atom. The summed E-state index contributed by atoms with van der Waals surface area (Å²) in [5.74, 6) is 2.32. The summed E-state index contributed by atoms with van der Waals surface area (Å²) in [5.41, 5.74) is 0. The summed E-state index contributed by atoms with van der Waals surface area (Å²) < 4.78 is 14.0. The minimum absolute atomic E-state index is 0.00414. The molecular formula is C19H23N3O3. The van der Waals surface area contributed by atoms with Gasteiger partial charge in [0.25, 0.3) is 5.91 Å². The maximum Gasteiger partial charge on any atom is 0.267 e. The number of aromatic nitrogens is 2. The lowest BCUT2D eigenvalue weighted by atomic mass is 10.0. The molecule has 2 aliphatic heterocycles. The van der Waals surface area contributed by atoms with E-state index in [2.05, 4.69) is 9.55 Å². The maximum atomic E-state index is 13.1. The standard InChI is InChI=1S/C19H23N3O3/c1-13-18(25-17-8-4-3-7-16(17)24-13)19(23)21-10-5-6-15(12-21)22-11-9-20-14(22)2/h3-4,7-9,11,13,15,18H,5-6,10,12H2,1-2H3/t13-,15+,18+/m0/s1. The van der Waals surface area contributed by atoms with Gasteiger partial charge in [-0.25, -0.2) is 4.98 Å². The monoisotopic (exact) mass is 341 g/mol. The van der Waals surface area contributed by atoms with E-state index in [1.54, 1.807) is 0 Å². The number of hydrogen-bond donors (Lipinski definition) is 0. The van der Waals surface area contributed by atoms with E-state index in [-0.39, 0.29) is 18.1 Å². The first-order chi connectivity index (χ1) is 12.1. The zero-order valence-corrected chi connectivity index (χ0v) is 14.6. The Bertz CT molecular complexity index is 773. The molecule has 1 aromatic heterocycles. The molecule has 1 saturated heterocycles. The van der Waals surface area contributed by atoms with Crippen molar-refractivity contribution in [3.8, 4) is 11.5 Å². The first-order valence-electron chi connectivity index (χ1n) is 8.84. The van der Waals surface area contributed by atoms with Crippen molar-refractivity contribution in [3.05, 3.63) is 42.5 Å². The quantitative estimate of drug-likeness (QED) is 0.842. The molecule has 132 valence electrons. The SMILES string of the molecule is Cc1nccn1[C@@H]1CCCN(C(=O)[C@@H]2Oc3ccccc3O[C@H]2C)C1. The average Bonchev–Trinajstić information content (AvgIpc) is 3.06. The maximum absolute atomic E-state index is 13.1. The summed E-state index contributed by atoms with van der Waals surface area (Å²) in [7, 11) is 0. The fourth-order valence-electron chi connectivity index (χ4n) is 3.73. The van der Waals surface area contributed by atoms with Gasteiger partial charge < -0.3 is 18.9 Å². The van der Waals surface area contributed by atoms with Crippen LogP contribution in [0.5, 0.6) is 11.5 Å². The minimum atomic E-state index is -0.600. The van der Waals surface area contributed by atoms with Gasteiger partial charge in [0.15, 0.2) is 11.5 Å². The van der Waals surface area contributed by atoms with Crippen LogP contribution in [0.2, 0.25) is 0 Å². The molecule has 2 aliphatic rings. The van der Waals surface area contributed by atoms with Crippen LogP contribution in [0.25, 0.3) is 0 Å². The summed E-state index contributed by atoms with van der Waals surface area (Å²) >= 11 is 0. The van der Waals surface area contributed by atoms with Crippen LogP contribution in [-0.2, 0) is 4.79 Å². The number of likely N-dealkylation sites (tertiary alicyclic amines) is 1. The molecule has 0 bridgehead atoms. The van der Waals surface area contributed by atoms with Crippen molar-refractivity contribution in [1.82, 2.24) is 14.5 Å². The molecule has 2 aromatic rings. The van der Waals surface area contributed by atoms with E-state index >= 15 is 0 Å². The van der Waals surface area contributed by atoms with Gasteiger partial charge in [0.1, 0.15) is 11.9 Å². The molecule has 1 aromatic carbocycles.